The van der Waals surface area contributed by atoms with Crippen LogP contribution in [0.1, 0.15) is 11.1 Å². The molecule has 0 spiro atoms. The van der Waals surface area contributed by atoms with Crippen LogP contribution in [0.5, 0.6) is 11.6 Å². The highest BCUT2D eigenvalue weighted by Crippen LogP contribution is 2.16. The summed E-state index contributed by atoms with van der Waals surface area (Å²) >= 11 is 0. The molecule has 0 N–H and O–H groups in total. The number of imidazole rings is 1. The van der Waals surface area contributed by atoms with Gasteiger partial charge in [0.25, 0.3) is 5.56 Å². The average Bonchev–Trinajstić information content (AvgIpc) is 3.22. The largest absolute Gasteiger partial charge is 0.457 e. The number of pyridine rings is 1. The Hall–Kier alpha value is -4.31. The summed E-state index contributed by atoms with van der Waals surface area (Å²) in [5, 5.41) is 8.83. The van der Waals surface area contributed by atoms with Gasteiger partial charge in [-0.1, -0.05) is 18.2 Å². The van der Waals surface area contributed by atoms with Gasteiger partial charge in [0.05, 0.1) is 30.7 Å². The van der Waals surface area contributed by atoms with E-state index >= 15 is 0 Å². The molecule has 2 aromatic carbocycles. The quantitative estimate of drug-likeness (QED) is 0.446. The molecule has 0 amide bonds. The minimum Gasteiger partial charge on any atom is -0.457 e. The van der Waals surface area contributed by atoms with Gasteiger partial charge in [-0.05, 0) is 48.0 Å². The Balaban J connectivity index is 1.38. The third-order valence-electron chi connectivity index (χ3n) is 4.48. The van der Waals surface area contributed by atoms with Crippen molar-refractivity contribution >= 4 is 0 Å². The van der Waals surface area contributed by atoms with Gasteiger partial charge < -0.3 is 9.47 Å². The molecule has 0 aliphatic carbocycles. The van der Waals surface area contributed by atoms with E-state index in [1.54, 1.807) is 53.6 Å². The summed E-state index contributed by atoms with van der Waals surface area (Å²) in [4.78, 5) is 16.1. The zero-order valence-electron chi connectivity index (χ0n) is 16.0. The summed E-state index contributed by atoms with van der Waals surface area (Å²) in [6, 6.07) is 21.7. The Morgan fingerprint density at radius 2 is 1.77 bits per heavy atom. The molecular weight excluding hydrogens is 380 g/mol. The Bertz CT molecular complexity index is 1220. The second-order valence-electron chi connectivity index (χ2n) is 6.48. The molecule has 0 bridgehead atoms. The summed E-state index contributed by atoms with van der Waals surface area (Å²) < 4.78 is 14.7. The third-order valence-corrected chi connectivity index (χ3v) is 4.48. The number of nitrogens with zero attached hydrogens (tertiary/aromatic N) is 4. The first-order valence-electron chi connectivity index (χ1n) is 9.26. The first-order chi connectivity index (χ1) is 14.7. The van der Waals surface area contributed by atoms with Crippen LogP contribution in [-0.4, -0.2) is 20.9 Å². The van der Waals surface area contributed by atoms with Gasteiger partial charge in [0, 0.05) is 18.0 Å². The monoisotopic (exact) mass is 398 g/mol. The van der Waals surface area contributed by atoms with Crippen LogP contribution in [0.4, 0.5) is 0 Å². The molecule has 7 nitrogen and oxygen atoms in total. The number of rotatable bonds is 7. The maximum atomic E-state index is 11.9. The van der Waals surface area contributed by atoms with E-state index in [9.17, 15) is 4.79 Å². The predicted octanol–water partition coefficient (Wildman–Crippen LogP) is 3.37. The van der Waals surface area contributed by atoms with E-state index in [-0.39, 0.29) is 12.4 Å². The molecule has 0 fully saturated rings. The topological polar surface area (TPSA) is 82.1 Å². The standard InChI is InChI=1S/C23H18N4O3/c24-13-18-6-10-21(11-7-18)29-17-30-23-14-25-16-26(23)15-19-4-8-20(9-5-19)27-12-2-1-3-22(27)28/h1-12,14,16H,15,17H2. The molecule has 0 saturated heterocycles. The minimum atomic E-state index is -0.0715. The van der Waals surface area contributed by atoms with Crippen LogP contribution >= 0.6 is 0 Å². The van der Waals surface area contributed by atoms with Crippen molar-refractivity contribution in [3.8, 4) is 23.4 Å². The van der Waals surface area contributed by atoms with Crippen LogP contribution in [0.2, 0.25) is 0 Å². The van der Waals surface area contributed by atoms with Gasteiger partial charge in [-0.3, -0.25) is 13.9 Å². The summed E-state index contributed by atoms with van der Waals surface area (Å²) in [6.07, 6.45) is 5.06. The van der Waals surface area contributed by atoms with Gasteiger partial charge in [0.2, 0.25) is 12.7 Å². The minimum absolute atomic E-state index is 0.0213. The molecule has 148 valence electrons. The zero-order chi connectivity index (χ0) is 20.8. The van der Waals surface area contributed by atoms with Crippen molar-refractivity contribution in [3.63, 3.8) is 0 Å². The van der Waals surface area contributed by atoms with E-state index in [4.69, 9.17) is 14.7 Å². The molecule has 0 aliphatic rings. The van der Waals surface area contributed by atoms with Crippen molar-refractivity contribution in [2.45, 2.75) is 6.54 Å². The second kappa shape index (κ2) is 8.80. The molecule has 0 radical (unpaired) electrons. The fourth-order valence-electron chi connectivity index (χ4n) is 2.93. The normalized spacial score (nSPS) is 10.4. The Kier molecular flexibility index (Phi) is 5.58. The van der Waals surface area contributed by atoms with Crippen LogP contribution in [0.25, 0.3) is 5.69 Å². The first-order valence-corrected chi connectivity index (χ1v) is 9.26. The predicted molar refractivity (Wildman–Crippen MR) is 111 cm³/mol. The zero-order valence-corrected chi connectivity index (χ0v) is 16.0. The van der Waals surface area contributed by atoms with Crippen molar-refractivity contribution < 1.29 is 9.47 Å². The maximum Gasteiger partial charge on any atom is 0.255 e. The first kappa shape index (κ1) is 19.0. The molecular formula is C23H18N4O3. The SMILES string of the molecule is N#Cc1ccc(OCOc2cncn2Cc2ccc(-n3ccccc3=O)cc2)cc1. The molecule has 0 unspecified atom stereocenters. The van der Waals surface area contributed by atoms with E-state index < -0.39 is 0 Å². The lowest BCUT2D eigenvalue weighted by Crippen LogP contribution is -2.15. The number of hydrogen-bond acceptors (Lipinski definition) is 5. The number of nitriles is 1. The maximum absolute atomic E-state index is 11.9. The Morgan fingerprint density at radius 1 is 0.967 bits per heavy atom. The molecule has 30 heavy (non-hydrogen) atoms. The average molecular weight is 398 g/mol. The molecule has 2 aromatic heterocycles. The lowest BCUT2D eigenvalue weighted by atomic mass is 10.2. The molecule has 4 rings (SSSR count). The highest BCUT2D eigenvalue weighted by molar-refractivity contribution is 5.36. The van der Waals surface area contributed by atoms with E-state index in [1.807, 2.05) is 34.9 Å². The van der Waals surface area contributed by atoms with Crippen molar-refractivity contribution in [2.24, 2.45) is 0 Å². The van der Waals surface area contributed by atoms with Crippen LogP contribution < -0.4 is 15.0 Å². The van der Waals surface area contributed by atoms with E-state index in [0.29, 0.717) is 23.7 Å². The van der Waals surface area contributed by atoms with Crippen molar-refractivity contribution in [2.75, 3.05) is 6.79 Å². The van der Waals surface area contributed by atoms with Gasteiger partial charge in [-0.2, -0.15) is 5.26 Å². The van der Waals surface area contributed by atoms with E-state index in [2.05, 4.69) is 11.1 Å². The van der Waals surface area contributed by atoms with Gasteiger partial charge in [0.15, 0.2) is 0 Å². The number of benzene rings is 2. The summed E-state index contributed by atoms with van der Waals surface area (Å²) in [5.74, 6) is 1.19. The van der Waals surface area contributed by atoms with E-state index in [0.717, 1.165) is 11.3 Å². The van der Waals surface area contributed by atoms with Gasteiger partial charge in [-0.15, -0.1) is 0 Å². The fourth-order valence-corrected chi connectivity index (χ4v) is 2.93. The smallest absolute Gasteiger partial charge is 0.255 e. The summed E-state index contributed by atoms with van der Waals surface area (Å²) in [7, 11) is 0. The van der Waals surface area contributed by atoms with Gasteiger partial charge in [-0.25, -0.2) is 4.98 Å². The molecule has 4 aromatic rings. The van der Waals surface area contributed by atoms with Crippen molar-refractivity contribution in [1.29, 1.82) is 5.26 Å². The van der Waals surface area contributed by atoms with Crippen molar-refractivity contribution in [3.05, 3.63) is 107 Å². The van der Waals surface area contributed by atoms with Crippen LogP contribution in [-0.2, 0) is 6.54 Å². The lowest BCUT2D eigenvalue weighted by Gasteiger charge is -2.11. The highest BCUT2D eigenvalue weighted by atomic mass is 16.7. The number of hydrogen-bond donors (Lipinski definition) is 0. The van der Waals surface area contributed by atoms with E-state index in [1.165, 1.54) is 6.07 Å². The Morgan fingerprint density at radius 3 is 2.50 bits per heavy atom. The number of aromatic nitrogens is 3. The van der Waals surface area contributed by atoms with Crippen LogP contribution in [0.3, 0.4) is 0 Å². The molecule has 7 heteroatoms. The van der Waals surface area contributed by atoms with Crippen molar-refractivity contribution in [1.82, 2.24) is 14.1 Å². The van der Waals surface area contributed by atoms with Crippen LogP contribution in [0.15, 0.2) is 90.2 Å². The van der Waals surface area contributed by atoms with Crippen LogP contribution in [0, 0.1) is 11.3 Å². The lowest BCUT2D eigenvalue weighted by molar-refractivity contribution is 0.111. The van der Waals surface area contributed by atoms with Gasteiger partial charge in [0.1, 0.15) is 5.75 Å². The second-order valence-corrected chi connectivity index (χ2v) is 6.48. The fraction of sp³-hybridized carbons (Fsp3) is 0.0870. The third kappa shape index (κ3) is 4.39. The molecule has 0 atom stereocenters. The molecule has 0 saturated carbocycles. The van der Waals surface area contributed by atoms with Gasteiger partial charge >= 0.3 is 0 Å². The highest BCUT2D eigenvalue weighted by Gasteiger charge is 2.06. The Labute approximate surface area is 173 Å². The summed E-state index contributed by atoms with van der Waals surface area (Å²) in [5.41, 5.74) is 2.35. The number of ether oxygens (including phenoxy) is 2. The molecule has 0 aliphatic heterocycles. The molecule has 2 heterocycles. The summed E-state index contributed by atoms with van der Waals surface area (Å²) in [6.45, 7) is 0.587.